The van der Waals surface area contributed by atoms with Gasteiger partial charge in [-0.25, -0.2) is 0 Å². The van der Waals surface area contributed by atoms with Gasteiger partial charge in [-0.1, -0.05) is 66.7 Å². The fraction of sp³-hybridized carbons (Fsp3) is 0. The molecule has 0 saturated carbocycles. The third kappa shape index (κ3) is 2.50. The van der Waals surface area contributed by atoms with Gasteiger partial charge < -0.3 is 5.73 Å². The lowest BCUT2D eigenvalue weighted by molar-refractivity contribution is 1.59. The van der Waals surface area contributed by atoms with E-state index in [4.69, 9.17) is 5.73 Å². The van der Waals surface area contributed by atoms with Gasteiger partial charge in [0.25, 0.3) is 0 Å². The predicted octanol–water partition coefficient (Wildman–Crippen LogP) is 4.60. The summed E-state index contributed by atoms with van der Waals surface area (Å²) < 4.78 is 0. The van der Waals surface area contributed by atoms with Gasteiger partial charge in [0, 0.05) is 5.69 Å². The average Bonchev–Trinajstić information content (AvgIpc) is 2.48. The van der Waals surface area contributed by atoms with E-state index < -0.39 is 0 Å². The first kappa shape index (κ1) is 11.5. The van der Waals surface area contributed by atoms with Crippen LogP contribution >= 0.6 is 0 Å². The SMILES string of the molecule is Nc1cccc(-c2ccc(-c3ccccc3)cc2)c1. The molecule has 3 aromatic rings. The highest BCUT2D eigenvalue weighted by Gasteiger charge is 2.00. The molecule has 0 fully saturated rings. The number of hydrogen-bond acceptors (Lipinski definition) is 1. The molecule has 0 bridgehead atoms. The van der Waals surface area contributed by atoms with Crippen LogP contribution in [0.4, 0.5) is 5.69 Å². The summed E-state index contributed by atoms with van der Waals surface area (Å²) in [4.78, 5) is 0. The van der Waals surface area contributed by atoms with Gasteiger partial charge in [-0.15, -0.1) is 0 Å². The van der Waals surface area contributed by atoms with Crippen LogP contribution in [0, 0.1) is 0 Å². The molecule has 0 radical (unpaired) electrons. The number of nitrogen functional groups attached to an aromatic ring is 1. The Labute approximate surface area is 113 Å². The lowest BCUT2D eigenvalue weighted by Crippen LogP contribution is -1.85. The summed E-state index contributed by atoms with van der Waals surface area (Å²) >= 11 is 0. The van der Waals surface area contributed by atoms with Gasteiger partial charge in [-0.3, -0.25) is 0 Å². The number of anilines is 1. The summed E-state index contributed by atoms with van der Waals surface area (Å²) in [6, 6.07) is 26.9. The molecule has 0 unspecified atom stereocenters. The maximum atomic E-state index is 5.82. The summed E-state index contributed by atoms with van der Waals surface area (Å²) in [6.45, 7) is 0. The predicted molar refractivity (Wildman–Crippen MR) is 81.7 cm³/mol. The zero-order valence-corrected chi connectivity index (χ0v) is 10.6. The second-order valence-corrected chi connectivity index (χ2v) is 4.57. The van der Waals surface area contributed by atoms with Crippen LogP contribution in [-0.4, -0.2) is 0 Å². The van der Waals surface area contributed by atoms with Gasteiger partial charge in [0.15, 0.2) is 0 Å². The van der Waals surface area contributed by atoms with Crippen molar-refractivity contribution in [3.8, 4) is 22.3 Å². The summed E-state index contributed by atoms with van der Waals surface area (Å²) in [7, 11) is 0. The highest BCUT2D eigenvalue weighted by Crippen LogP contribution is 2.25. The van der Waals surface area contributed by atoms with Crippen molar-refractivity contribution in [3.63, 3.8) is 0 Å². The molecule has 0 atom stereocenters. The van der Waals surface area contributed by atoms with Crippen molar-refractivity contribution in [2.45, 2.75) is 0 Å². The zero-order valence-electron chi connectivity index (χ0n) is 10.6. The number of benzene rings is 3. The van der Waals surface area contributed by atoms with E-state index in [1.165, 1.54) is 16.7 Å². The molecule has 0 spiro atoms. The lowest BCUT2D eigenvalue weighted by atomic mass is 10.0. The topological polar surface area (TPSA) is 26.0 Å². The molecular weight excluding hydrogens is 230 g/mol. The molecular formula is C18H15N. The second kappa shape index (κ2) is 4.99. The summed E-state index contributed by atoms with van der Waals surface area (Å²) in [5, 5.41) is 0. The first-order valence-corrected chi connectivity index (χ1v) is 6.34. The maximum Gasteiger partial charge on any atom is 0.0320 e. The van der Waals surface area contributed by atoms with Crippen LogP contribution in [0.25, 0.3) is 22.3 Å². The molecule has 1 nitrogen and oxygen atoms in total. The Hall–Kier alpha value is -2.54. The Balaban J connectivity index is 1.95. The van der Waals surface area contributed by atoms with E-state index in [-0.39, 0.29) is 0 Å². The van der Waals surface area contributed by atoms with E-state index in [2.05, 4.69) is 54.6 Å². The first-order chi connectivity index (χ1) is 9.33. The monoisotopic (exact) mass is 245 g/mol. The van der Waals surface area contributed by atoms with Gasteiger partial charge in [0.1, 0.15) is 0 Å². The quantitative estimate of drug-likeness (QED) is 0.656. The molecule has 92 valence electrons. The Morgan fingerprint density at radius 1 is 0.474 bits per heavy atom. The smallest absolute Gasteiger partial charge is 0.0320 e. The van der Waals surface area contributed by atoms with Gasteiger partial charge in [-0.2, -0.15) is 0 Å². The second-order valence-electron chi connectivity index (χ2n) is 4.57. The van der Waals surface area contributed by atoms with Crippen molar-refractivity contribution < 1.29 is 0 Å². The van der Waals surface area contributed by atoms with Gasteiger partial charge in [0.2, 0.25) is 0 Å². The van der Waals surface area contributed by atoms with Crippen LogP contribution in [0.5, 0.6) is 0 Å². The van der Waals surface area contributed by atoms with Crippen LogP contribution in [0.3, 0.4) is 0 Å². The summed E-state index contributed by atoms with van der Waals surface area (Å²) in [6.07, 6.45) is 0. The Bertz CT molecular complexity index is 670. The van der Waals surface area contributed by atoms with E-state index in [0.29, 0.717) is 0 Å². The van der Waals surface area contributed by atoms with Crippen LogP contribution in [0.1, 0.15) is 0 Å². The van der Waals surface area contributed by atoms with E-state index in [9.17, 15) is 0 Å². The molecule has 0 saturated heterocycles. The van der Waals surface area contributed by atoms with Crippen LogP contribution in [0.2, 0.25) is 0 Å². The fourth-order valence-corrected chi connectivity index (χ4v) is 2.20. The molecule has 0 aliphatic heterocycles. The average molecular weight is 245 g/mol. The highest BCUT2D eigenvalue weighted by atomic mass is 14.5. The molecule has 19 heavy (non-hydrogen) atoms. The molecule has 0 amide bonds. The minimum atomic E-state index is 0.796. The third-order valence-corrected chi connectivity index (χ3v) is 3.21. The number of hydrogen-bond donors (Lipinski definition) is 1. The van der Waals surface area contributed by atoms with Crippen molar-refractivity contribution in [2.24, 2.45) is 0 Å². The summed E-state index contributed by atoms with van der Waals surface area (Å²) in [5.74, 6) is 0. The third-order valence-electron chi connectivity index (χ3n) is 3.21. The molecule has 0 heterocycles. The minimum absolute atomic E-state index is 0.796. The van der Waals surface area contributed by atoms with Gasteiger partial charge in [0.05, 0.1) is 0 Å². The van der Waals surface area contributed by atoms with E-state index in [1.807, 2.05) is 24.3 Å². The largest absolute Gasteiger partial charge is 0.399 e. The van der Waals surface area contributed by atoms with Gasteiger partial charge >= 0.3 is 0 Å². The zero-order chi connectivity index (χ0) is 13.1. The number of nitrogens with two attached hydrogens (primary N) is 1. The molecule has 0 aliphatic rings. The van der Waals surface area contributed by atoms with Crippen molar-refractivity contribution in [3.05, 3.63) is 78.9 Å². The van der Waals surface area contributed by atoms with Crippen molar-refractivity contribution in [2.75, 3.05) is 5.73 Å². The van der Waals surface area contributed by atoms with Crippen LogP contribution < -0.4 is 5.73 Å². The molecule has 0 aromatic heterocycles. The lowest BCUT2D eigenvalue weighted by Gasteiger charge is -2.05. The van der Waals surface area contributed by atoms with Crippen molar-refractivity contribution in [1.29, 1.82) is 0 Å². The van der Waals surface area contributed by atoms with Crippen molar-refractivity contribution in [1.82, 2.24) is 0 Å². The Kier molecular flexibility index (Phi) is 3.03. The van der Waals surface area contributed by atoms with Crippen LogP contribution in [0.15, 0.2) is 78.9 Å². The maximum absolute atomic E-state index is 5.82. The minimum Gasteiger partial charge on any atom is -0.399 e. The Morgan fingerprint density at radius 3 is 1.63 bits per heavy atom. The molecule has 0 aliphatic carbocycles. The Morgan fingerprint density at radius 2 is 1.00 bits per heavy atom. The van der Waals surface area contributed by atoms with Crippen LogP contribution in [-0.2, 0) is 0 Å². The molecule has 3 aromatic carbocycles. The van der Waals surface area contributed by atoms with Gasteiger partial charge in [-0.05, 0) is 34.4 Å². The van der Waals surface area contributed by atoms with E-state index >= 15 is 0 Å². The van der Waals surface area contributed by atoms with E-state index in [1.54, 1.807) is 0 Å². The fourth-order valence-electron chi connectivity index (χ4n) is 2.20. The normalized spacial score (nSPS) is 10.3. The standard InChI is InChI=1S/C18H15N/c19-18-8-4-7-17(13-18)16-11-9-15(10-12-16)14-5-2-1-3-6-14/h1-13H,19H2. The molecule has 2 N–H and O–H groups in total. The first-order valence-electron chi connectivity index (χ1n) is 6.34. The molecule has 3 rings (SSSR count). The summed E-state index contributed by atoms with van der Waals surface area (Å²) in [5.41, 5.74) is 11.4. The van der Waals surface area contributed by atoms with E-state index in [0.717, 1.165) is 11.3 Å². The highest BCUT2D eigenvalue weighted by molar-refractivity contribution is 5.71. The molecule has 1 heteroatoms. The number of rotatable bonds is 2. The van der Waals surface area contributed by atoms with Crippen molar-refractivity contribution >= 4 is 5.69 Å².